The minimum Gasteiger partial charge on any atom is -0.478 e. The summed E-state index contributed by atoms with van der Waals surface area (Å²) >= 11 is 0. The Kier molecular flexibility index (Phi) is 3.04. The normalized spacial score (nSPS) is 15.8. The summed E-state index contributed by atoms with van der Waals surface area (Å²) in [5, 5.41) is 9.16. The van der Waals surface area contributed by atoms with Crippen molar-refractivity contribution in [1.82, 2.24) is 9.97 Å². The molecule has 0 bridgehead atoms. The number of aromatic nitrogens is 2. The second kappa shape index (κ2) is 4.65. The minimum absolute atomic E-state index is 0.195. The van der Waals surface area contributed by atoms with E-state index in [1.807, 2.05) is 12.1 Å². The van der Waals surface area contributed by atoms with Crippen molar-refractivity contribution in [3.63, 3.8) is 0 Å². The summed E-state index contributed by atoms with van der Waals surface area (Å²) in [5.74, 6) is -0.393. The molecule has 0 radical (unpaired) electrons. The van der Waals surface area contributed by atoms with Gasteiger partial charge in [-0.25, -0.2) is 14.8 Å². The number of carboxylic acids is 1. The van der Waals surface area contributed by atoms with Crippen LogP contribution in [-0.4, -0.2) is 21.0 Å². The van der Waals surface area contributed by atoms with Crippen LogP contribution >= 0.6 is 0 Å². The highest BCUT2D eigenvalue weighted by Crippen LogP contribution is 2.47. The maximum atomic E-state index is 11.2. The van der Waals surface area contributed by atoms with Crippen molar-refractivity contribution in [2.45, 2.75) is 39.0 Å². The lowest BCUT2D eigenvalue weighted by Crippen LogP contribution is -2.08. The molecule has 4 nitrogen and oxygen atoms in total. The number of aromatic carboxylic acids is 1. The maximum absolute atomic E-state index is 11.2. The van der Waals surface area contributed by atoms with E-state index in [1.165, 1.54) is 18.4 Å². The third-order valence-corrected chi connectivity index (χ3v) is 4.32. The molecule has 1 aliphatic rings. The summed E-state index contributed by atoms with van der Waals surface area (Å²) in [7, 11) is 0. The van der Waals surface area contributed by atoms with E-state index >= 15 is 0 Å². The topological polar surface area (TPSA) is 63.1 Å². The van der Waals surface area contributed by atoms with Gasteiger partial charge in [0.2, 0.25) is 0 Å². The first kappa shape index (κ1) is 13.7. The van der Waals surface area contributed by atoms with Crippen LogP contribution in [-0.2, 0) is 5.41 Å². The summed E-state index contributed by atoms with van der Waals surface area (Å²) < 4.78 is 0. The lowest BCUT2D eigenvalue weighted by molar-refractivity contribution is 0.0694. The van der Waals surface area contributed by atoms with Crippen LogP contribution in [0.4, 0.5) is 0 Å². The van der Waals surface area contributed by atoms with Crippen molar-refractivity contribution in [3.8, 4) is 11.4 Å². The number of carbonyl (C=O) groups is 1. The molecule has 0 saturated heterocycles. The van der Waals surface area contributed by atoms with E-state index in [0.717, 1.165) is 5.56 Å². The lowest BCUT2D eigenvalue weighted by Gasteiger charge is -2.11. The van der Waals surface area contributed by atoms with Gasteiger partial charge < -0.3 is 5.11 Å². The van der Waals surface area contributed by atoms with Gasteiger partial charge in [0.15, 0.2) is 5.82 Å². The zero-order chi connectivity index (χ0) is 15.2. The van der Waals surface area contributed by atoms with Crippen molar-refractivity contribution in [3.05, 3.63) is 46.8 Å². The van der Waals surface area contributed by atoms with Crippen LogP contribution in [0.15, 0.2) is 24.3 Å². The van der Waals surface area contributed by atoms with E-state index in [2.05, 4.69) is 29.0 Å². The number of hydrogen-bond acceptors (Lipinski definition) is 3. The van der Waals surface area contributed by atoms with Crippen molar-refractivity contribution in [2.24, 2.45) is 0 Å². The molecular weight excluding hydrogens is 264 g/mol. The van der Waals surface area contributed by atoms with Gasteiger partial charge in [0.05, 0.1) is 11.4 Å². The van der Waals surface area contributed by atoms with Gasteiger partial charge in [-0.3, -0.25) is 0 Å². The number of benzene rings is 1. The van der Waals surface area contributed by atoms with Crippen molar-refractivity contribution in [2.75, 3.05) is 0 Å². The Bertz CT molecular complexity index is 693. The van der Waals surface area contributed by atoms with Crippen molar-refractivity contribution >= 4 is 5.97 Å². The first-order valence-electron chi connectivity index (χ1n) is 7.10. The van der Waals surface area contributed by atoms with E-state index in [0.29, 0.717) is 22.6 Å². The Hall–Kier alpha value is -2.23. The third kappa shape index (κ3) is 2.42. The fourth-order valence-corrected chi connectivity index (χ4v) is 2.65. The first-order chi connectivity index (χ1) is 9.90. The van der Waals surface area contributed by atoms with Gasteiger partial charge in [0, 0.05) is 5.56 Å². The van der Waals surface area contributed by atoms with Crippen LogP contribution in [0.5, 0.6) is 0 Å². The summed E-state index contributed by atoms with van der Waals surface area (Å²) in [4.78, 5) is 19.9. The summed E-state index contributed by atoms with van der Waals surface area (Å²) in [6.07, 6.45) is 2.49. The molecule has 108 valence electrons. The molecule has 1 N–H and O–H groups in total. The molecule has 0 aliphatic heterocycles. The minimum atomic E-state index is -0.978. The molecule has 1 aromatic heterocycles. The predicted octanol–water partition coefficient (Wildman–Crippen LogP) is 3.51. The lowest BCUT2D eigenvalue weighted by atomic mass is 9.97. The fraction of sp³-hybridized carbons (Fsp3) is 0.353. The molecule has 0 unspecified atom stereocenters. The molecule has 2 aromatic rings. The molecule has 0 atom stereocenters. The molecule has 3 rings (SSSR count). The van der Waals surface area contributed by atoms with Crippen LogP contribution in [0.2, 0.25) is 0 Å². The van der Waals surface area contributed by atoms with Crippen LogP contribution in [0.3, 0.4) is 0 Å². The summed E-state index contributed by atoms with van der Waals surface area (Å²) in [6.45, 7) is 5.69. The molecule has 0 amide bonds. The number of hydrogen-bond donors (Lipinski definition) is 1. The van der Waals surface area contributed by atoms with Gasteiger partial charge >= 0.3 is 5.97 Å². The average molecular weight is 282 g/mol. The SMILES string of the molecule is Cc1nc(-c2ccc(C3(C)CC3)cc2)nc(C)c1C(=O)O. The van der Waals surface area contributed by atoms with Crippen molar-refractivity contribution < 1.29 is 9.90 Å². The first-order valence-corrected chi connectivity index (χ1v) is 7.10. The molecule has 1 saturated carbocycles. The molecule has 0 spiro atoms. The van der Waals surface area contributed by atoms with Gasteiger partial charge in [-0.15, -0.1) is 0 Å². The smallest absolute Gasteiger partial charge is 0.339 e. The monoisotopic (exact) mass is 282 g/mol. The van der Waals surface area contributed by atoms with Gasteiger partial charge in [-0.1, -0.05) is 31.2 Å². The Morgan fingerprint density at radius 1 is 1.10 bits per heavy atom. The molecule has 1 aromatic carbocycles. The van der Waals surface area contributed by atoms with Gasteiger partial charge in [-0.05, 0) is 37.7 Å². The van der Waals surface area contributed by atoms with Crippen LogP contribution in [0, 0.1) is 13.8 Å². The average Bonchev–Trinajstić information content (AvgIpc) is 3.17. The molecular formula is C17H18N2O2. The Morgan fingerprint density at radius 2 is 1.62 bits per heavy atom. The second-order valence-electron chi connectivity index (χ2n) is 6.04. The van der Waals surface area contributed by atoms with Crippen LogP contribution in [0.1, 0.15) is 47.1 Å². The molecule has 21 heavy (non-hydrogen) atoms. The van der Waals surface area contributed by atoms with E-state index in [-0.39, 0.29) is 5.56 Å². The number of carboxylic acid groups (broad SMARTS) is 1. The van der Waals surface area contributed by atoms with Crippen molar-refractivity contribution in [1.29, 1.82) is 0 Å². The highest BCUT2D eigenvalue weighted by molar-refractivity contribution is 5.90. The number of nitrogens with zero attached hydrogens (tertiary/aromatic N) is 2. The maximum Gasteiger partial charge on any atom is 0.339 e. The quantitative estimate of drug-likeness (QED) is 0.935. The Balaban J connectivity index is 1.99. The zero-order valence-electron chi connectivity index (χ0n) is 12.5. The van der Waals surface area contributed by atoms with E-state index in [1.54, 1.807) is 13.8 Å². The summed E-state index contributed by atoms with van der Waals surface area (Å²) in [6, 6.07) is 8.30. The highest BCUT2D eigenvalue weighted by Gasteiger charge is 2.38. The fourth-order valence-electron chi connectivity index (χ4n) is 2.65. The number of aryl methyl sites for hydroxylation is 2. The third-order valence-electron chi connectivity index (χ3n) is 4.32. The highest BCUT2D eigenvalue weighted by atomic mass is 16.4. The van der Waals surface area contributed by atoms with E-state index < -0.39 is 5.97 Å². The standard InChI is InChI=1S/C17H18N2O2/c1-10-14(16(20)21)11(2)19-15(18-10)12-4-6-13(7-5-12)17(3)8-9-17/h4-7H,8-9H2,1-3H3,(H,20,21). The molecule has 1 aliphatic carbocycles. The van der Waals surface area contributed by atoms with E-state index in [4.69, 9.17) is 5.11 Å². The Labute approximate surface area is 123 Å². The molecule has 1 heterocycles. The Morgan fingerprint density at radius 3 is 2.05 bits per heavy atom. The van der Waals surface area contributed by atoms with Crippen LogP contribution in [0.25, 0.3) is 11.4 Å². The van der Waals surface area contributed by atoms with Crippen LogP contribution < -0.4 is 0 Å². The largest absolute Gasteiger partial charge is 0.478 e. The summed E-state index contributed by atoms with van der Waals surface area (Å²) in [5.41, 5.74) is 3.82. The van der Waals surface area contributed by atoms with Gasteiger partial charge in [0.1, 0.15) is 5.56 Å². The van der Waals surface area contributed by atoms with E-state index in [9.17, 15) is 4.79 Å². The molecule has 4 heteroatoms. The molecule has 1 fully saturated rings. The predicted molar refractivity (Wildman–Crippen MR) is 80.5 cm³/mol. The van der Waals surface area contributed by atoms with Gasteiger partial charge in [-0.2, -0.15) is 0 Å². The van der Waals surface area contributed by atoms with Gasteiger partial charge in [0.25, 0.3) is 0 Å². The number of rotatable bonds is 3. The second-order valence-corrected chi connectivity index (χ2v) is 6.04. The zero-order valence-corrected chi connectivity index (χ0v) is 12.5.